The van der Waals surface area contributed by atoms with Crippen LogP contribution in [0.5, 0.6) is 5.75 Å². The van der Waals surface area contributed by atoms with Gasteiger partial charge in [0.05, 0.1) is 18.3 Å². The molecule has 0 bridgehead atoms. The molecule has 2 heterocycles. The van der Waals surface area contributed by atoms with Gasteiger partial charge in [0.15, 0.2) is 5.78 Å². The Morgan fingerprint density at radius 3 is 2.80 bits per heavy atom. The molecule has 0 aliphatic carbocycles. The summed E-state index contributed by atoms with van der Waals surface area (Å²) in [7, 11) is 1.62. The zero-order chi connectivity index (χ0) is 11.0. The van der Waals surface area contributed by atoms with Crippen molar-refractivity contribution in [2.24, 2.45) is 0 Å². The molecule has 0 saturated heterocycles. The van der Waals surface area contributed by atoms with Gasteiger partial charge in [0.25, 0.3) is 0 Å². The standard InChI is InChI=1S/C11H10BrNO2/c1-7(14)10-6-9(12)11-5-8(15-2)3-4-13(10)11/h3-6H,1-2H3. The van der Waals surface area contributed by atoms with Gasteiger partial charge >= 0.3 is 0 Å². The highest BCUT2D eigenvalue weighted by molar-refractivity contribution is 9.10. The molecule has 0 N–H and O–H groups in total. The summed E-state index contributed by atoms with van der Waals surface area (Å²) in [5, 5.41) is 0. The molecule has 3 nitrogen and oxygen atoms in total. The minimum absolute atomic E-state index is 0.0425. The molecule has 2 aromatic rings. The topological polar surface area (TPSA) is 30.7 Å². The van der Waals surface area contributed by atoms with Gasteiger partial charge in [0.2, 0.25) is 0 Å². The van der Waals surface area contributed by atoms with Gasteiger partial charge in [-0.2, -0.15) is 0 Å². The van der Waals surface area contributed by atoms with Gasteiger partial charge in [-0.15, -0.1) is 0 Å². The first-order chi connectivity index (χ1) is 7.13. The molecule has 2 rings (SSSR count). The average Bonchev–Trinajstić information content (AvgIpc) is 2.56. The number of halogens is 1. The Bertz CT molecular complexity index is 531. The quantitative estimate of drug-likeness (QED) is 0.784. The van der Waals surface area contributed by atoms with E-state index in [0.29, 0.717) is 5.69 Å². The number of pyridine rings is 1. The van der Waals surface area contributed by atoms with E-state index in [4.69, 9.17) is 4.74 Å². The Morgan fingerprint density at radius 1 is 1.47 bits per heavy atom. The zero-order valence-electron chi connectivity index (χ0n) is 8.45. The van der Waals surface area contributed by atoms with Gasteiger partial charge < -0.3 is 9.14 Å². The van der Waals surface area contributed by atoms with Crippen LogP contribution in [0.3, 0.4) is 0 Å². The largest absolute Gasteiger partial charge is 0.497 e. The molecular formula is C11H10BrNO2. The van der Waals surface area contributed by atoms with E-state index in [-0.39, 0.29) is 5.78 Å². The van der Waals surface area contributed by atoms with Gasteiger partial charge in [0, 0.05) is 23.7 Å². The van der Waals surface area contributed by atoms with E-state index >= 15 is 0 Å². The van der Waals surface area contributed by atoms with Crippen molar-refractivity contribution >= 4 is 27.2 Å². The fraction of sp³-hybridized carbons (Fsp3) is 0.182. The second kappa shape index (κ2) is 3.70. The monoisotopic (exact) mass is 267 g/mol. The Kier molecular flexibility index (Phi) is 2.52. The number of carbonyl (C=O) groups is 1. The fourth-order valence-electron chi connectivity index (χ4n) is 1.54. The Balaban J connectivity index is 2.75. The van der Waals surface area contributed by atoms with Crippen LogP contribution in [-0.2, 0) is 0 Å². The van der Waals surface area contributed by atoms with Crippen LogP contribution < -0.4 is 4.74 Å². The van der Waals surface area contributed by atoms with Crippen LogP contribution in [0.1, 0.15) is 17.4 Å². The third kappa shape index (κ3) is 1.65. The lowest BCUT2D eigenvalue weighted by Crippen LogP contribution is -1.97. The lowest BCUT2D eigenvalue weighted by atomic mass is 10.3. The van der Waals surface area contributed by atoms with E-state index in [1.807, 2.05) is 28.8 Å². The second-order valence-electron chi connectivity index (χ2n) is 3.26. The lowest BCUT2D eigenvalue weighted by Gasteiger charge is -2.02. The average molecular weight is 268 g/mol. The third-order valence-corrected chi connectivity index (χ3v) is 2.93. The maximum Gasteiger partial charge on any atom is 0.176 e. The molecule has 15 heavy (non-hydrogen) atoms. The van der Waals surface area contributed by atoms with E-state index in [9.17, 15) is 4.79 Å². The Labute approximate surface area is 95.8 Å². The number of fused-ring (bicyclic) bond motifs is 1. The van der Waals surface area contributed by atoms with Crippen LogP contribution in [-0.4, -0.2) is 17.3 Å². The highest BCUT2D eigenvalue weighted by Gasteiger charge is 2.10. The van der Waals surface area contributed by atoms with Gasteiger partial charge in [-0.25, -0.2) is 0 Å². The van der Waals surface area contributed by atoms with E-state index in [2.05, 4.69) is 15.9 Å². The minimum atomic E-state index is 0.0425. The summed E-state index contributed by atoms with van der Waals surface area (Å²) in [5.74, 6) is 0.817. The molecule has 78 valence electrons. The van der Waals surface area contributed by atoms with Gasteiger partial charge in [-0.3, -0.25) is 4.79 Å². The molecule has 0 amide bonds. The normalized spacial score (nSPS) is 10.6. The van der Waals surface area contributed by atoms with Gasteiger partial charge in [-0.05, 0) is 28.1 Å². The van der Waals surface area contributed by atoms with E-state index < -0.39 is 0 Å². The van der Waals surface area contributed by atoms with Crippen molar-refractivity contribution in [1.29, 1.82) is 0 Å². The molecule has 0 spiro atoms. The number of ketones is 1. The predicted molar refractivity (Wildman–Crippen MR) is 61.7 cm³/mol. The maximum absolute atomic E-state index is 11.4. The number of nitrogens with zero attached hydrogens (tertiary/aromatic N) is 1. The highest BCUT2D eigenvalue weighted by atomic mass is 79.9. The van der Waals surface area contributed by atoms with Crippen LogP contribution >= 0.6 is 15.9 Å². The van der Waals surface area contributed by atoms with Crippen LogP contribution in [0, 0.1) is 0 Å². The van der Waals surface area contributed by atoms with Crippen LogP contribution in [0.15, 0.2) is 28.9 Å². The first-order valence-electron chi connectivity index (χ1n) is 4.49. The van der Waals surface area contributed by atoms with Crippen molar-refractivity contribution < 1.29 is 9.53 Å². The number of methoxy groups -OCH3 is 1. The van der Waals surface area contributed by atoms with E-state index in [1.165, 1.54) is 0 Å². The Hall–Kier alpha value is -1.29. The summed E-state index contributed by atoms with van der Waals surface area (Å²) in [6, 6.07) is 5.53. The second-order valence-corrected chi connectivity index (χ2v) is 4.11. The van der Waals surface area contributed by atoms with Crippen molar-refractivity contribution in [2.75, 3.05) is 7.11 Å². The SMILES string of the molecule is COc1ccn2c(C(C)=O)cc(Br)c2c1. The zero-order valence-corrected chi connectivity index (χ0v) is 10.0. The molecule has 0 saturated carbocycles. The highest BCUT2D eigenvalue weighted by Crippen LogP contribution is 2.26. The van der Waals surface area contributed by atoms with Crippen molar-refractivity contribution in [1.82, 2.24) is 4.40 Å². The molecule has 0 aliphatic heterocycles. The smallest absolute Gasteiger partial charge is 0.176 e. The Morgan fingerprint density at radius 2 is 2.20 bits per heavy atom. The predicted octanol–water partition coefficient (Wildman–Crippen LogP) is 2.91. The molecule has 0 aliphatic rings. The van der Waals surface area contributed by atoms with Crippen molar-refractivity contribution in [3.8, 4) is 5.75 Å². The van der Waals surface area contributed by atoms with Gasteiger partial charge in [-0.1, -0.05) is 0 Å². The molecule has 0 fully saturated rings. The van der Waals surface area contributed by atoms with Crippen molar-refractivity contribution in [3.05, 3.63) is 34.6 Å². The number of carbonyl (C=O) groups excluding carboxylic acids is 1. The minimum Gasteiger partial charge on any atom is -0.497 e. The summed E-state index contributed by atoms with van der Waals surface area (Å²) in [6.45, 7) is 1.55. The van der Waals surface area contributed by atoms with Gasteiger partial charge in [0.1, 0.15) is 5.75 Å². The number of hydrogen-bond donors (Lipinski definition) is 0. The first-order valence-corrected chi connectivity index (χ1v) is 5.28. The number of aromatic nitrogens is 1. The van der Waals surface area contributed by atoms with Crippen molar-refractivity contribution in [3.63, 3.8) is 0 Å². The van der Waals surface area contributed by atoms with Crippen LogP contribution in [0.2, 0.25) is 0 Å². The summed E-state index contributed by atoms with van der Waals surface area (Å²) in [6.07, 6.45) is 1.83. The number of Topliss-reactive ketones (excluding diaryl/α,β-unsaturated/α-hetero) is 1. The molecule has 0 atom stereocenters. The third-order valence-electron chi connectivity index (χ3n) is 2.29. The molecule has 0 radical (unpaired) electrons. The van der Waals surface area contributed by atoms with E-state index in [0.717, 1.165) is 15.7 Å². The number of ether oxygens (including phenoxy) is 1. The van der Waals surface area contributed by atoms with Crippen LogP contribution in [0.25, 0.3) is 5.52 Å². The van der Waals surface area contributed by atoms with Crippen LogP contribution in [0.4, 0.5) is 0 Å². The molecule has 4 heteroatoms. The maximum atomic E-state index is 11.4. The van der Waals surface area contributed by atoms with Crippen molar-refractivity contribution in [2.45, 2.75) is 6.92 Å². The summed E-state index contributed by atoms with van der Waals surface area (Å²) >= 11 is 3.42. The molecule has 0 unspecified atom stereocenters. The fourth-order valence-corrected chi connectivity index (χ4v) is 2.06. The molecule has 2 aromatic heterocycles. The van der Waals surface area contributed by atoms with E-state index in [1.54, 1.807) is 14.0 Å². The lowest BCUT2D eigenvalue weighted by molar-refractivity contribution is 0.101. The number of rotatable bonds is 2. The first kappa shape index (κ1) is 10.2. The summed E-state index contributed by atoms with van der Waals surface area (Å²) < 4.78 is 7.87. The summed E-state index contributed by atoms with van der Waals surface area (Å²) in [4.78, 5) is 11.4. The number of hydrogen-bond acceptors (Lipinski definition) is 2. The molecular weight excluding hydrogens is 258 g/mol. The summed E-state index contributed by atoms with van der Waals surface area (Å²) in [5.41, 5.74) is 1.60. The molecule has 0 aromatic carbocycles.